The van der Waals surface area contributed by atoms with Crippen LogP contribution in [0.5, 0.6) is 5.75 Å². The van der Waals surface area contributed by atoms with Gasteiger partial charge in [0.25, 0.3) is 5.91 Å². The van der Waals surface area contributed by atoms with E-state index < -0.39 is 5.57 Å². The van der Waals surface area contributed by atoms with Crippen molar-refractivity contribution in [3.63, 3.8) is 0 Å². The fourth-order valence-electron chi connectivity index (χ4n) is 4.87. The maximum absolute atomic E-state index is 13.1. The highest BCUT2D eigenvalue weighted by Crippen LogP contribution is 2.37. The summed E-state index contributed by atoms with van der Waals surface area (Å²) >= 11 is 4.80. The first-order valence-electron chi connectivity index (χ1n) is 11.3. The van der Waals surface area contributed by atoms with Gasteiger partial charge in [0.15, 0.2) is 0 Å². The number of carbonyl (C=O) groups is 1. The molecule has 1 atom stereocenters. The van der Waals surface area contributed by atoms with E-state index in [-0.39, 0.29) is 11.7 Å². The molecule has 0 bridgehead atoms. The second-order valence-electron chi connectivity index (χ2n) is 8.72. The molecule has 0 spiro atoms. The molecular weight excluding hydrogens is 450 g/mol. The molecule has 0 unspecified atom stereocenters. The first-order chi connectivity index (χ1) is 15.8. The third-order valence-corrected chi connectivity index (χ3v) is 6.43. The summed E-state index contributed by atoms with van der Waals surface area (Å²) in [6, 6.07) is 9.81. The van der Waals surface area contributed by atoms with Crippen LogP contribution in [0, 0.1) is 0 Å². The fourth-order valence-corrected chi connectivity index (χ4v) is 4.96. The number of imidazole rings is 1. The molecule has 9 heteroatoms. The smallest absolute Gasteiger partial charge is 0.420 e. The van der Waals surface area contributed by atoms with E-state index in [1.54, 1.807) is 0 Å². The molecule has 174 valence electrons. The standard InChI is InChI=1S/C24H25ClF2N4O2/c1-15-5-4-6-21-29-19-13-16(14-20(22(19)31(15)21)30-11-2-3-12-30)23(32)28-17-7-9-18(10-8-17)33-24(25,26)27/h7-10,13-15H,2-6,11-12H2,1H3,(H,28,32)/t15-/m1/s1. The number of carbonyl (C=O) groups excluding carboxylic acids is 1. The minimum atomic E-state index is -3.78. The number of fused-ring (bicyclic) bond motifs is 3. The lowest BCUT2D eigenvalue weighted by atomic mass is 10.1. The van der Waals surface area contributed by atoms with Gasteiger partial charge in [-0.2, -0.15) is 0 Å². The van der Waals surface area contributed by atoms with Crippen LogP contribution in [0.1, 0.15) is 54.8 Å². The minimum absolute atomic E-state index is 0.0940. The van der Waals surface area contributed by atoms with Crippen molar-refractivity contribution < 1.29 is 18.3 Å². The van der Waals surface area contributed by atoms with Gasteiger partial charge in [0.05, 0.1) is 16.7 Å². The van der Waals surface area contributed by atoms with Crippen molar-refractivity contribution in [2.75, 3.05) is 23.3 Å². The molecule has 3 heterocycles. The van der Waals surface area contributed by atoms with Crippen molar-refractivity contribution in [3.05, 3.63) is 47.8 Å². The van der Waals surface area contributed by atoms with Gasteiger partial charge < -0.3 is 19.5 Å². The Kier molecular flexibility index (Phi) is 5.64. The van der Waals surface area contributed by atoms with Gasteiger partial charge in [0.2, 0.25) is 0 Å². The number of amides is 1. The second kappa shape index (κ2) is 8.48. The van der Waals surface area contributed by atoms with Crippen molar-refractivity contribution >= 4 is 39.9 Å². The van der Waals surface area contributed by atoms with Crippen LogP contribution in [0.4, 0.5) is 20.2 Å². The lowest BCUT2D eigenvalue weighted by Crippen LogP contribution is -2.22. The van der Waals surface area contributed by atoms with Crippen LogP contribution in [0.25, 0.3) is 11.0 Å². The zero-order valence-electron chi connectivity index (χ0n) is 18.3. The number of halogens is 3. The molecule has 2 aromatic carbocycles. The lowest BCUT2D eigenvalue weighted by Gasteiger charge is -2.26. The highest BCUT2D eigenvalue weighted by atomic mass is 35.5. The molecule has 2 aliphatic rings. The first kappa shape index (κ1) is 21.9. The molecule has 5 rings (SSSR count). The van der Waals surface area contributed by atoms with E-state index in [0.29, 0.717) is 17.3 Å². The number of nitrogens with one attached hydrogen (secondary N) is 1. The summed E-state index contributed by atoms with van der Waals surface area (Å²) in [7, 11) is 0. The number of nitrogens with zero attached hydrogens (tertiary/aromatic N) is 3. The van der Waals surface area contributed by atoms with Crippen LogP contribution in [0.2, 0.25) is 0 Å². The van der Waals surface area contributed by atoms with Crippen molar-refractivity contribution in [2.45, 2.75) is 50.6 Å². The number of benzene rings is 2. The monoisotopic (exact) mass is 474 g/mol. The molecule has 33 heavy (non-hydrogen) atoms. The largest absolute Gasteiger partial charge is 0.487 e. The van der Waals surface area contributed by atoms with Crippen LogP contribution in [0.3, 0.4) is 0 Å². The number of hydrogen-bond acceptors (Lipinski definition) is 4. The Morgan fingerprint density at radius 3 is 2.61 bits per heavy atom. The Labute approximate surface area is 195 Å². The highest BCUT2D eigenvalue weighted by molar-refractivity contribution is 6.20. The molecule has 1 aromatic heterocycles. The fraction of sp³-hybridized carbons (Fsp3) is 0.417. The summed E-state index contributed by atoms with van der Waals surface area (Å²) in [4.78, 5) is 20.3. The van der Waals surface area contributed by atoms with Crippen molar-refractivity contribution in [3.8, 4) is 5.75 Å². The number of aryl methyl sites for hydroxylation is 1. The van der Waals surface area contributed by atoms with Gasteiger partial charge in [-0.25, -0.2) is 4.98 Å². The summed E-state index contributed by atoms with van der Waals surface area (Å²) in [5, 5.41) is 2.83. The molecular formula is C24H25ClF2N4O2. The van der Waals surface area contributed by atoms with Gasteiger partial charge in [-0.15, -0.1) is 8.78 Å². The summed E-state index contributed by atoms with van der Waals surface area (Å²) in [5.74, 6) is 0.699. The van der Waals surface area contributed by atoms with Gasteiger partial charge in [0.1, 0.15) is 11.6 Å². The quantitative estimate of drug-likeness (QED) is 0.464. The SMILES string of the molecule is C[C@@H]1CCCc2nc3cc(C(=O)Nc4ccc(OC(F)(F)Cl)cc4)cc(N4CCCC4)c3n21. The Morgan fingerprint density at radius 2 is 1.91 bits per heavy atom. The average molecular weight is 475 g/mol. The normalized spacial score (nSPS) is 18.4. The first-order valence-corrected chi connectivity index (χ1v) is 11.6. The minimum Gasteiger partial charge on any atom is -0.420 e. The van der Waals surface area contributed by atoms with E-state index in [1.165, 1.54) is 24.3 Å². The van der Waals surface area contributed by atoms with E-state index in [4.69, 9.17) is 16.6 Å². The number of rotatable bonds is 5. The lowest BCUT2D eigenvalue weighted by molar-refractivity contribution is -0.0964. The van der Waals surface area contributed by atoms with Gasteiger partial charge in [-0.05, 0) is 69.0 Å². The number of hydrogen-bond donors (Lipinski definition) is 1. The van der Waals surface area contributed by atoms with Crippen LogP contribution in [-0.4, -0.2) is 34.1 Å². The van der Waals surface area contributed by atoms with Crippen LogP contribution in [0.15, 0.2) is 36.4 Å². The summed E-state index contributed by atoms with van der Waals surface area (Å²) in [6.45, 7) is 4.15. The molecule has 6 nitrogen and oxygen atoms in total. The molecule has 1 saturated heterocycles. The zero-order chi connectivity index (χ0) is 23.2. The van der Waals surface area contributed by atoms with Crippen molar-refractivity contribution in [1.82, 2.24) is 9.55 Å². The Morgan fingerprint density at radius 1 is 1.18 bits per heavy atom. The Hall–Kier alpha value is -2.87. The number of anilines is 2. The molecule has 0 saturated carbocycles. The predicted molar refractivity (Wildman–Crippen MR) is 125 cm³/mol. The topological polar surface area (TPSA) is 59.4 Å². The number of alkyl halides is 3. The van der Waals surface area contributed by atoms with E-state index in [2.05, 4.69) is 26.4 Å². The molecule has 2 aliphatic heterocycles. The van der Waals surface area contributed by atoms with Gasteiger partial charge in [-0.1, -0.05) is 0 Å². The average Bonchev–Trinajstić information content (AvgIpc) is 3.41. The summed E-state index contributed by atoms with van der Waals surface area (Å²) < 4.78 is 32.3. The third-order valence-electron chi connectivity index (χ3n) is 6.36. The molecule has 1 N–H and O–H groups in total. The highest BCUT2D eigenvalue weighted by Gasteiger charge is 2.28. The number of ether oxygens (including phenoxy) is 1. The number of aromatic nitrogens is 2. The van der Waals surface area contributed by atoms with E-state index >= 15 is 0 Å². The van der Waals surface area contributed by atoms with Crippen molar-refractivity contribution in [2.24, 2.45) is 0 Å². The molecule has 3 aromatic rings. The Balaban J connectivity index is 1.47. The maximum atomic E-state index is 13.1. The van der Waals surface area contributed by atoms with E-state index in [0.717, 1.165) is 67.7 Å². The molecule has 0 radical (unpaired) electrons. The van der Waals surface area contributed by atoms with E-state index in [9.17, 15) is 13.6 Å². The second-order valence-corrected chi connectivity index (χ2v) is 9.16. The predicted octanol–water partition coefficient (Wildman–Crippen LogP) is 5.95. The van der Waals surface area contributed by atoms with Crippen LogP contribution >= 0.6 is 11.6 Å². The molecule has 0 aliphatic carbocycles. The maximum Gasteiger partial charge on any atom is 0.487 e. The summed E-state index contributed by atoms with van der Waals surface area (Å²) in [6.07, 6.45) is 5.44. The van der Waals surface area contributed by atoms with Gasteiger partial charge in [0, 0.05) is 48.4 Å². The van der Waals surface area contributed by atoms with Crippen molar-refractivity contribution in [1.29, 1.82) is 0 Å². The van der Waals surface area contributed by atoms with E-state index in [1.807, 2.05) is 12.1 Å². The summed E-state index contributed by atoms with van der Waals surface area (Å²) in [5.41, 5.74) is 0.190. The van der Waals surface area contributed by atoms with Crippen LogP contribution in [-0.2, 0) is 6.42 Å². The zero-order valence-corrected chi connectivity index (χ0v) is 19.0. The van der Waals surface area contributed by atoms with Gasteiger partial charge >= 0.3 is 5.57 Å². The Bertz CT molecular complexity index is 1180. The molecule has 1 amide bonds. The van der Waals surface area contributed by atoms with Crippen LogP contribution < -0.4 is 15.0 Å². The molecule has 1 fully saturated rings. The van der Waals surface area contributed by atoms with Gasteiger partial charge in [-0.3, -0.25) is 4.79 Å². The third kappa shape index (κ3) is 4.49.